The Hall–Kier alpha value is -3.67. The van der Waals surface area contributed by atoms with Crippen molar-refractivity contribution in [3.8, 4) is 5.69 Å². The maximum absolute atomic E-state index is 13.0. The van der Waals surface area contributed by atoms with Gasteiger partial charge in [-0.15, -0.1) is 0 Å². The summed E-state index contributed by atoms with van der Waals surface area (Å²) in [6.45, 7) is 8.98. The molecule has 6 nitrogen and oxygen atoms in total. The van der Waals surface area contributed by atoms with Crippen molar-refractivity contribution in [3.63, 3.8) is 0 Å². The molecular weight excluding hydrogens is 386 g/mol. The fourth-order valence-corrected chi connectivity index (χ4v) is 3.95. The average Bonchev–Trinajstić information content (AvgIpc) is 3.22. The van der Waals surface area contributed by atoms with Crippen LogP contribution in [0.25, 0.3) is 5.69 Å². The first-order valence-corrected chi connectivity index (χ1v) is 10.4. The van der Waals surface area contributed by atoms with Gasteiger partial charge in [0.2, 0.25) is 0 Å². The molecule has 2 heterocycles. The van der Waals surface area contributed by atoms with Gasteiger partial charge in [0.25, 0.3) is 5.91 Å². The van der Waals surface area contributed by atoms with E-state index in [1.165, 1.54) is 5.56 Å². The Labute approximate surface area is 182 Å². The molecule has 0 aliphatic rings. The number of aryl methyl sites for hydroxylation is 2. The highest BCUT2D eigenvalue weighted by Gasteiger charge is 2.20. The van der Waals surface area contributed by atoms with Crippen molar-refractivity contribution < 1.29 is 4.79 Å². The molecule has 0 fully saturated rings. The first kappa shape index (κ1) is 20.6. The van der Waals surface area contributed by atoms with E-state index >= 15 is 0 Å². The van der Waals surface area contributed by atoms with Gasteiger partial charge in [0.15, 0.2) is 0 Å². The molecule has 0 radical (unpaired) electrons. The number of para-hydroxylation sites is 1. The predicted octanol–water partition coefficient (Wildman–Crippen LogP) is 4.28. The Morgan fingerprint density at radius 3 is 2.16 bits per heavy atom. The van der Waals surface area contributed by atoms with Crippen LogP contribution in [0.4, 0.5) is 0 Å². The highest BCUT2D eigenvalue weighted by atomic mass is 16.1. The quantitative estimate of drug-likeness (QED) is 0.513. The summed E-state index contributed by atoms with van der Waals surface area (Å²) in [5, 5.41) is 12.3. The number of hydrogen-bond donors (Lipinski definition) is 1. The highest BCUT2D eigenvalue weighted by Crippen LogP contribution is 2.19. The van der Waals surface area contributed by atoms with Crippen LogP contribution in [-0.4, -0.2) is 25.5 Å². The number of hydrogen-bond acceptors (Lipinski definition) is 3. The van der Waals surface area contributed by atoms with E-state index < -0.39 is 0 Å². The van der Waals surface area contributed by atoms with E-state index in [4.69, 9.17) is 0 Å². The van der Waals surface area contributed by atoms with E-state index in [0.717, 1.165) is 28.3 Å². The molecule has 0 saturated carbocycles. The number of rotatable bonds is 6. The summed E-state index contributed by atoms with van der Waals surface area (Å²) in [5.74, 6) is -0.119. The molecule has 0 aliphatic carbocycles. The Morgan fingerprint density at radius 1 is 0.839 bits per heavy atom. The number of benzene rings is 2. The van der Waals surface area contributed by atoms with Gasteiger partial charge in [-0.2, -0.15) is 10.2 Å². The third kappa shape index (κ3) is 4.14. The maximum Gasteiger partial charge on any atom is 0.255 e. The average molecular weight is 414 g/mol. The van der Waals surface area contributed by atoms with Gasteiger partial charge in [0.1, 0.15) is 0 Å². The lowest BCUT2D eigenvalue weighted by Gasteiger charge is -2.08. The van der Waals surface area contributed by atoms with Gasteiger partial charge in [0, 0.05) is 17.8 Å². The van der Waals surface area contributed by atoms with Crippen LogP contribution in [-0.2, 0) is 13.1 Å². The Balaban J connectivity index is 1.52. The predicted molar refractivity (Wildman–Crippen MR) is 121 cm³/mol. The third-order valence-electron chi connectivity index (χ3n) is 5.65. The molecule has 1 N–H and O–H groups in total. The molecular formula is C25H27N5O. The number of carbonyl (C=O) groups is 1. The number of amides is 1. The highest BCUT2D eigenvalue weighted by molar-refractivity contribution is 5.96. The van der Waals surface area contributed by atoms with Gasteiger partial charge in [-0.25, -0.2) is 4.68 Å². The molecule has 0 bridgehead atoms. The second kappa shape index (κ2) is 8.60. The zero-order valence-corrected chi connectivity index (χ0v) is 18.4. The molecule has 31 heavy (non-hydrogen) atoms. The topological polar surface area (TPSA) is 64.7 Å². The van der Waals surface area contributed by atoms with Crippen LogP contribution < -0.4 is 5.32 Å². The largest absolute Gasteiger partial charge is 0.348 e. The number of carbonyl (C=O) groups excluding carboxylic acids is 1. The van der Waals surface area contributed by atoms with Gasteiger partial charge in [-0.1, -0.05) is 48.5 Å². The van der Waals surface area contributed by atoms with Crippen molar-refractivity contribution in [1.82, 2.24) is 24.9 Å². The Bertz CT molecular complexity index is 1210. The van der Waals surface area contributed by atoms with Crippen LogP contribution in [0.15, 0.2) is 60.7 Å². The minimum Gasteiger partial charge on any atom is -0.348 e. The van der Waals surface area contributed by atoms with Crippen LogP contribution >= 0.6 is 0 Å². The summed E-state index contributed by atoms with van der Waals surface area (Å²) in [6, 6.07) is 20.1. The summed E-state index contributed by atoms with van der Waals surface area (Å²) in [6.07, 6.45) is 0. The van der Waals surface area contributed by atoms with Crippen LogP contribution in [0.1, 0.15) is 44.3 Å². The minimum atomic E-state index is -0.119. The zero-order chi connectivity index (χ0) is 22.0. The van der Waals surface area contributed by atoms with Gasteiger partial charge in [-0.05, 0) is 45.4 Å². The van der Waals surface area contributed by atoms with Crippen molar-refractivity contribution in [2.24, 2.45) is 0 Å². The number of aromatic nitrogens is 4. The van der Waals surface area contributed by atoms with E-state index in [2.05, 4.69) is 27.6 Å². The van der Waals surface area contributed by atoms with E-state index in [0.29, 0.717) is 24.3 Å². The van der Waals surface area contributed by atoms with Crippen molar-refractivity contribution in [3.05, 3.63) is 100 Å². The molecule has 0 saturated heterocycles. The van der Waals surface area contributed by atoms with E-state index in [1.54, 1.807) is 0 Å². The summed E-state index contributed by atoms with van der Waals surface area (Å²) in [5.41, 5.74) is 7.35. The van der Waals surface area contributed by atoms with Crippen LogP contribution in [0.3, 0.4) is 0 Å². The molecule has 4 rings (SSSR count). The fraction of sp³-hybridized carbons (Fsp3) is 0.240. The number of nitrogens with zero attached hydrogens (tertiary/aromatic N) is 4. The molecule has 4 aromatic rings. The summed E-state index contributed by atoms with van der Waals surface area (Å²) in [4.78, 5) is 13.0. The zero-order valence-electron chi connectivity index (χ0n) is 18.4. The van der Waals surface area contributed by atoms with Gasteiger partial charge in [-0.3, -0.25) is 9.48 Å². The molecule has 0 aliphatic heterocycles. The van der Waals surface area contributed by atoms with E-state index in [9.17, 15) is 4.79 Å². The van der Waals surface area contributed by atoms with Crippen molar-refractivity contribution in [2.75, 3.05) is 0 Å². The monoisotopic (exact) mass is 413 g/mol. The number of nitrogens with one attached hydrogen (secondary N) is 1. The molecule has 0 atom stereocenters. The van der Waals surface area contributed by atoms with Crippen LogP contribution in [0.2, 0.25) is 0 Å². The lowest BCUT2D eigenvalue weighted by atomic mass is 10.1. The SMILES string of the molecule is Cc1nn(Cc2ccccc2)c(C)c1CNC(=O)c1c(C)nn(-c2ccccc2)c1C. The van der Waals surface area contributed by atoms with Crippen LogP contribution in [0.5, 0.6) is 0 Å². The Kier molecular flexibility index (Phi) is 5.71. The first-order valence-electron chi connectivity index (χ1n) is 10.4. The summed E-state index contributed by atoms with van der Waals surface area (Å²) < 4.78 is 3.81. The maximum atomic E-state index is 13.0. The molecule has 158 valence electrons. The summed E-state index contributed by atoms with van der Waals surface area (Å²) in [7, 11) is 0. The molecule has 2 aromatic heterocycles. The second-order valence-electron chi connectivity index (χ2n) is 7.77. The van der Waals surface area contributed by atoms with Crippen molar-refractivity contribution in [2.45, 2.75) is 40.8 Å². The Morgan fingerprint density at radius 2 is 1.48 bits per heavy atom. The standard InChI is InChI=1S/C25H27N5O/c1-17-23(19(3)29(27-17)16-21-11-7-5-8-12-21)15-26-25(31)24-18(2)28-30(20(24)4)22-13-9-6-10-14-22/h5-14H,15-16H2,1-4H3,(H,26,31). The molecule has 1 amide bonds. The molecule has 6 heteroatoms. The van der Waals surface area contributed by atoms with Crippen LogP contribution in [0, 0.1) is 27.7 Å². The fourth-order valence-electron chi connectivity index (χ4n) is 3.95. The second-order valence-corrected chi connectivity index (χ2v) is 7.77. The lowest BCUT2D eigenvalue weighted by Crippen LogP contribution is -2.24. The summed E-state index contributed by atoms with van der Waals surface area (Å²) >= 11 is 0. The molecule has 2 aromatic carbocycles. The van der Waals surface area contributed by atoms with Crippen molar-refractivity contribution >= 4 is 5.91 Å². The minimum absolute atomic E-state index is 0.119. The lowest BCUT2D eigenvalue weighted by molar-refractivity contribution is 0.0949. The third-order valence-corrected chi connectivity index (χ3v) is 5.65. The van der Waals surface area contributed by atoms with Gasteiger partial charge >= 0.3 is 0 Å². The van der Waals surface area contributed by atoms with E-state index in [1.807, 2.05) is 85.6 Å². The van der Waals surface area contributed by atoms with Gasteiger partial charge in [0.05, 0.1) is 34.9 Å². The van der Waals surface area contributed by atoms with Gasteiger partial charge < -0.3 is 5.32 Å². The van der Waals surface area contributed by atoms with Crippen molar-refractivity contribution in [1.29, 1.82) is 0 Å². The first-order chi connectivity index (χ1) is 15.0. The normalized spacial score (nSPS) is 11.0. The van der Waals surface area contributed by atoms with E-state index in [-0.39, 0.29) is 5.91 Å². The smallest absolute Gasteiger partial charge is 0.255 e. The molecule has 0 unspecified atom stereocenters. The molecule has 0 spiro atoms.